The Balaban J connectivity index is 3.51. The highest BCUT2D eigenvalue weighted by Crippen LogP contribution is 2.40. The van der Waals surface area contributed by atoms with Gasteiger partial charge in [0, 0.05) is 6.07 Å². The van der Waals surface area contributed by atoms with Crippen LogP contribution in [0.4, 0.5) is 5.69 Å². The molecule has 0 unspecified atom stereocenters. The minimum Gasteiger partial charge on any atom is -0.493 e. The Morgan fingerprint density at radius 2 is 1.88 bits per heavy atom. The summed E-state index contributed by atoms with van der Waals surface area (Å²) in [6.45, 7) is 3.08. The molecule has 0 aliphatic rings. The van der Waals surface area contributed by atoms with Crippen molar-refractivity contribution >= 4 is 5.69 Å². The van der Waals surface area contributed by atoms with Crippen LogP contribution in [-0.4, -0.2) is 24.2 Å². The number of nitro groups is 1. The van der Waals surface area contributed by atoms with Crippen LogP contribution in [0.15, 0.2) is 12.1 Å². The summed E-state index contributed by atoms with van der Waals surface area (Å²) < 4.78 is 9.97. The largest absolute Gasteiger partial charge is 0.493 e. The molecule has 0 amide bonds. The third-order valence-electron chi connectivity index (χ3n) is 2.36. The van der Waals surface area contributed by atoms with Crippen LogP contribution >= 0.6 is 0 Å². The topological polar surface area (TPSA) is 81.8 Å². The van der Waals surface area contributed by atoms with E-state index in [-0.39, 0.29) is 17.2 Å². The fraction of sp³-hybridized carbons (Fsp3) is 0.455. The molecule has 0 saturated heterocycles. The van der Waals surface area contributed by atoms with E-state index in [9.17, 15) is 15.2 Å². The standard InChI is InChI=1S/C11H15NO5/c1-11(2,13)7-5-8(12(14)15)10(17-4)9(6-7)16-3/h5-6,13H,1-4H3. The lowest BCUT2D eigenvalue weighted by atomic mass is 9.97. The Kier molecular flexibility index (Phi) is 3.57. The number of nitro benzene ring substituents is 1. The van der Waals surface area contributed by atoms with Gasteiger partial charge in [-0.3, -0.25) is 10.1 Å². The molecular weight excluding hydrogens is 226 g/mol. The zero-order chi connectivity index (χ0) is 13.2. The maximum atomic E-state index is 10.9. The molecule has 6 nitrogen and oxygen atoms in total. The summed E-state index contributed by atoms with van der Waals surface area (Å²) in [7, 11) is 2.71. The van der Waals surface area contributed by atoms with Gasteiger partial charge in [-0.15, -0.1) is 0 Å². The second kappa shape index (κ2) is 4.58. The smallest absolute Gasteiger partial charge is 0.315 e. The number of ether oxygens (including phenoxy) is 2. The number of benzene rings is 1. The van der Waals surface area contributed by atoms with E-state index in [0.717, 1.165) is 0 Å². The molecule has 0 heterocycles. The molecule has 0 atom stereocenters. The molecule has 0 aliphatic heterocycles. The van der Waals surface area contributed by atoms with E-state index in [4.69, 9.17) is 9.47 Å². The van der Waals surface area contributed by atoms with Crippen molar-refractivity contribution in [2.45, 2.75) is 19.4 Å². The lowest BCUT2D eigenvalue weighted by Crippen LogP contribution is -2.16. The highest BCUT2D eigenvalue weighted by atomic mass is 16.6. The first kappa shape index (κ1) is 13.2. The van der Waals surface area contributed by atoms with Crippen molar-refractivity contribution in [3.63, 3.8) is 0 Å². The van der Waals surface area contributed by atoms with Crippen LogP contribution in [0.1, 0.15) is 19.4 Å². The zero-order valence-corrected chi connectivity index (χ0v) is 10.2. The number of aliphatic hydroxyl groups is 1. The number of methoxy groups -OCH3 is 2. The lowest BCUT2D eigenvalue weighted by Gasteiger charge is -2.19. The summed E-state index contributed by atoms with van der Waals surface area (Å²) in [4.78, 5) is 10.3. The Morgan fingerprint density at radius 1 is 1.29 bits per heavy atom. The molecule has 17 heavy (non-hydrogen) atoms. The first-order valence-electron chi connectivity index (χ1n) is 4.94. The zero-order valence-electron chi connectivity index (χ0n) is 10.2. The monoisotopic (exact) mass is 241 g/mol. The van der Waals surface area contributed by atoms with Crippen LogP contribution in [0.25, 0.3) is 0 Å². The molecule has 0 aromatic heterocycles. The van der Waals surface area contributed by atoms with Gasteiger partial charge in [-0.2, -0.15) is 0 Å². The normalized spacial score (nSPS) is 11.1. The minimum atomic E-state index is -1.19. The van der Waals surface area contributed by atoms with Crippen molar-refractivity contribution in [3.05, 3.63) is 27.8 Å². The Hall–Kier alpha value is -1.82. The van der Waals surface area contributed by atoms with Crippen LogP contribution in [-0.2, 0) is 5.60 Å². The van der Waals surface area contributed by atoms with Crippen molar-refractivity contribution in [1.29, 1.82) is 0 Å². The third-order valence-corrected chi connectivity index (χ3v) is 2.36. The number of hydrogen-bond donors (Lipinski definition) is 1. The highest BCUT2D eigenvalue weighted by Gasteiger charge is 2.26. The summed E-state index contributed by atoms with van der Waals surface area (Å²) in [6, 6.07) is 2.80. The minimum absolute atomic E-state index is 0.0468. The first-order valence-corrected chi connectivity index (χ1v) is 4.94. The van der Waals surface area contributed by atoms with Gasteiger partial charge < -0.3 is 14.6 Å². The predicted octanol–water partition coefficient (Wildman–Crippen LogP) is 1.84. The molecule has 1 aromatic carbocycles. The van der Waals surface area contributed by atoms with E-state index in [0.29, 0.717) is 5.56 Å². The van der Waals surface area contributed by atoms with Gasteiger partial charge in [0.2, 0.25) is 5.75 Å². The van der Waals surface area contributed by atoms with Crippen molar-refractivity contribution in [1.82, 2.24) is 0 Å². The molecule has 0 aliphatic carbocycles. The molecular formula is C11H15NO5. The van der Waals surface area contributed by atoms with E-state index in [1.807, 2.05) is 0 Å². The van der Waals surface area contributed by atoms with Crippen molar-refractivity contribution < 1.29 is 19.5 Å². The van der Waals surface area contributed by atoms with Gasteiger partial charge in [0.05, 0.1) is 24.7 Å². The summed E-state index contributed by atoms with van der Waals surface area (Å²) in [5.41, 5.74) is -1.03. The summed E-state index contributed by atoms with van der Waals surface area (Å²) >= 11 is 0. The molecule has 0 saturated carbocycles. The van der Waals surface area contributed by atoms with E-state index in [1.54, 1.807) is 0 Å². The molecule has 0 radical (unpaired) electrons. The highest BCUT2D eigenvalue weighted by molar-refractivity contribution is 5.58. The Labute approximate surface area is 98.9 Å². The average molecular weight is 241 g/mol. The maximum absolute atomic E-state index is 10.9. The Bertz CT molecular complexity index is 436. The fourth-order valence-corrected chi connectivity index (χ4v) is 1.43. The van der Waals surface area contributed by atoms with Gasteiger partial charge in [0.15, 0.2) is 5.75 Å². The van der Waals surface area contributed by atoms with Gasteiger partial charge >= 0.3 is 5.69 Å². The molecule has 0 fully saturated rings. The van der Waals surface area contributed by atoms with Crippen LogP contribution in [0.5, 0.6) is 11.5 Å². The Morgan fingerprint density at radius 3 is 2.24 bits per heavy atom. The van der Waals surface area contributed by atoms with E-state index in [2.05, 4.69) is 0 Å². The number of nitrogens with zero attached hydrogens (tertiary/aromatic N) is 1. The second-order valence-electron chi connectivity index (χ2n) is 4.05. The van der Waals surface area contributed by atoms with Gasteiger partial charge in [-0.1, -0.05) is 0 Å². The summed E-state index contributed by atoms with van der Waals surface area (Å²) in [5, 5.41) is 20.8. The quantitative estimate of drug-likeness (QED) is 0.642. The second-order valence-corrected chi connectivity index (χ2v) is 4.05. The molecule has 1 rings (SSSR count). The molecule has 0 spiro atoms. The van der Waals surface area contributed by atoms with Crippen molar-refractivity contribution in [2.75, 3.05) is 14.2 Å². The molecule has 94 valence electrons. The fourth-order valence-electron chi connectivity index (χ4n) is 1.43. The first-order chi connectivity index (χ1) is 7.81. The van der Waals surface area contributed by atoms with E-state index < -0.39 is 10.5 Å². The maximum Gasteiger partial charge on any atom is 0.315 e. The third kappa shape index (κ3) is 2.65. The van der Waals surface area contributed by atoms with Crippen LogP contribution < -0.4 is 9.47 Å². The van der Waals surface area contributed by atoms with E-state index >= 15 is 0 Å². The van der Waals surface area contributed by atoms with Gasteiger partial charge in [0.1, 0.15) is 0 Å². The number of rotatable bonds is 4. The van der Waals surface area contributed by atoms with Crippen molar-refractivity contribution in [3.8, 4) is 11.5 Å². The molecule has 6 heteroatoms. The average Bonchev–Trinajstić information content (AvgIpc) is 2.25. The van der Waals surface area contributed by atoms with Gasteiger partial charge in [-0.05, 0) is 25.5 Å². The van der Waals surface area contributed by atoms with Crippen LogP contribution in [0.2, 0.25) is 0 Å². The van der Waals surface area contributed by atoms with E-state index in [1.165, 1.54) is 40.2 Å². The van der Waals surface area contributed by atoms with Gasteiger partial charge in [-0.25, -0.2) is 0 Å². The molecule has 1 N–H and O–H groups in total. The molecule has 1 aromatic rings. The molecule has 0 bridgehead atoms. The lowest BCUT2D eigenvalue weighted by molar-refractivity contribution is -0.386. The number of hydrogen-bond acceptors (Lipinski definition) is 5. The SMILES string of the molecule is COc1cc(C(C)(C)O)cc([N+](=O)[O-])c1OC. The summed E-state index contributed by atoms with van der Waals surface area (Å²) in [5.74, 6) is 0.268. The van der Waals surface area contributed by atoms with Gasteiger partial charge in [0.25, 0.3) is 0 Å². The van der Waals surface area contributed by atoms with Crippen molar-refractivity contribution in [2.24, 2.45) is 0 Å². The predicted molar refractivity (Wildman–Crippen MR) is 61.4 cm³/mol. The van der Waals surface area contributed by atoms with Crippen LogP contribution in [0.3, 0.4) is 0 Å². The van der Waals surface area contributed by atoms with Crippen LogP contribution in [0, 0.1) is 10.1 Å². The summed E-state index contributed by atoms with van der Waals surface area (Å²) in [6.07, 6.45) is 0.